The average molecular weight is 388 g/mol. The number of amides is 1. The van der Waals surface area contributed by atoms with Gasteiger partial charge in [0.1, 0.15) is 19.1 Å². The summed E-state index contributed by atoms with van der Waals surface area (Å²) >= 11 is 0. The lowest BCUT2D eigenvalue weighted by Crippen LogP contribution is -3.15. The summed E-state index contributed by atoms with van der Waals surface area (Å²) in [5.74, 6) is 1.18. The molecule has 156 valence electrons. The Bertz CT molecular complexity index is 611. The number of nitrogens with one attached hydrogen (secondary N) is 2. The van der Waals surface area contributed by atoms with E-state index in [1.54, 1.807) is 0 Å². The SMILES string of the molecule is C[C@@H](NC(=O)C1CCC(C(C)(C)C)CC1)[C@H](c1ccccc1)[NH+]1CCOCC1. The molecule has 28 heavy (non-hydrogen) atoms. The first kappa shape index (κ1) is 21.3. The molecule has 0 radical (unpaired) electrons. The molecule has 0 bridgehead atoms. The van der Waals surface area contributed by atoms with E-state index in [9.17, 15) is 4.79 Å². The molecular formula is C24H39N2O2+. The highest BCUT2D eigenvalue weighted by Gasteiger charge is 2.36. The van der Waals surface area contributed by atoms with Gasteiger partial charge in [-0.15, -0.1) is 0 Å². The van der Waals surface area contributed by atoms with Gasteiger partial charge in [0.25, 0.3) is 0 Å². The van der Waals surface area contributed by atoms with Crippen molar-refractivity contribution in [2.24, 2.45) is 17.3 Å². The number of rotatable bonds is 5. The minimum atomic E-state index is 0.114. The maximum absolute atomic E-state index is 13.0. The molecule has 1 aliphatic heterocycles. The van der Waals surface area contributed by atoms with Crippen LogP contribution in [-0.2, 0) is 9.53 Å². The lowest BCUT2D eigenvalue weighted by Gasteiger charge is -2.38. The Morgan fingerprint density at radius 1 is 1.07 bits per heavy atom. The van der Waals surface area contributed by atoms with Gasteiger partial charge in [0.15, 0.2) is 0 Å². The standard InChI is InChI=1S/C24H38N2O2/c1-18(25-23(27)20-10-12-21(13-11-20)24(2,3)4)22(19-8-6-5-7-9-19)26-14-16-28-17-15-26/h5-9,18,20-22H,10-17H2,1-4H3,(H,25,27)/p+1/t18-,20?,21?,22-/m1/s1. The largest absolute Gasteiger partial charge is 0.370 e. The molecule has 3 rings (SSSR count). The zero-order chi connectivity index (χ0) is 20.1. The van der Waals surface area contributed by atoms with E-state index in [4.69, 9.17) is 4.74 Å². The van der Waals surface area contributed by atoms with Crippen molar-refractivity contribution in [2.45, 2.75) is 65.5 Å². The maximum atomic E-state index is 13.0. The molecule has 4 heteroatoms. The Balaban J connectivity index is 1.63. The van der Waals surface area contributed by atoms with E-state index in [0.29, 0.717) is 5.41 Å². The summed E-state index contributed by atoms with van der Waals surface area (Å²) in [6.07, 6.45) is 4.40. The summed E-state index contributed by atoms with van der Waals surface area (Å²) in [4.78, 5) is 14.6. The molecular weight excluding hydrogens is 348 g/mol. The second-order valence-electron chi connectivity index (χ2n) is 9.87. The minimum Gasteiger partial charge on any atom is -0.370 e. The number of carbonyl (C=O) groups is 1. The van der Waals surface area contributed by atoms with Gasteiger partial charge in [0.05, 0.1) is 19.3 Å². The highest BCUT2D eigenvalue weighted by Crippen LogP contribution is 2.39. The van der Waals surface area contributed by atoms with Crippen molar-refractivity contribution in [3.8, 4) is 0 Å². The van der Waals surface area contributed by atoms with Crippen LogP contribution in [-0.4, -0.2) is 38.3 Å². The van der Waals surface area contributed by atoms with Crippen LogP contribution < -0.4 is 10.2 Å². The number of ether oxygens (including phenoxy) is 1. The summed E-state index contributed by atoms with van der Waals surface area (Å²) in [6.45, 7) is 12.8. The van der Waals surface area contributed by atoms with Gasteiger partial charge in [-0.2, -0.15) is 0 Å². The summed E-state index contributed by atoms with van der Waals surface area (Å²) in [7, 11) is 0. The van der Waals surface area contributed by atoms with E-state index in [0.717, 1.165) is 45.1 Å². The van der Waals surface area contributed by atoms with Crippen molar-refractivity contribution in [1.29, 1.82) is 0 Å². The molecule has 1 aromatic carbocycles. The van der Waals surface area contributed by atoms with Crippen LogP contribution in [0.25, 0.3) is 0 Å². The van der Waals surface area contributed by atoms with Crippen LogP contribution in [0.2, 0.25) is 0 Å². The van der Waals surface area contributed by atoms with E-state index in [1.807, 2.05) is 0 Å². The fourth-order valence-electron chi connectivity index (χ4n) is 5.13. The van der Waals surface area contributed by atoms with Crippen molar-refractivity contribution >= 4 is 5.91 Å². The third kappa shape index (κ3) is 5.36. The number of morpholine rings is 1. The van der Waals surface area contributed by atoms with E-state index in [1.165, 1.54) is 23.3 Å². The fourth-order valence-corrected chi connectivity index (χ4v) is 5.13. The smallest absolute Gasteiger partial charge is 0.223 e. The average Bonchev–Trinajstić information content (AvgIpc) is 2.69. The second-order valence-corrected chi connectivity index (χ2v) is 9.87. The van der Waals surface area contributed by atoms with Crippen molar-refractivity contribution in [3.63, 3.8) is 0 Å². The molecule has 1 aromatic rings. The Morgan fingerprint density at radius 3 is 2.25 bits per heavy atom. The van der Waals surface area contributed by atoms with Crippen molar-refractivity contribution in [2.75, 3.05) is 26.3 Å². The third-order valence-corrected chi connectivity index (χ3v) is 6.93. The summed E-state index contributed by atoms with van der Waals surface area (Å²) in [5.41, 5.74) is 1.66. The molecule has 0 unspecified atom stereocenters. The first-order chi connectivity index (χ1) is 13.4. The first-order valence-electron chi connectivity index (χ1n) is 11.1. The molecule has 2 atom stereocenters. The summed E-state index contributed by atoms with van der Waals surface area (Å²) < 4.78 is 5.57. The van der Waals surface area contributed by atoms with Crippen molar-refractivity contribution < 1.29 is 14.4 Å². The molecule has 1 saturated carbocycles. The lowest BCUT2D eigenvalue weighted by atomic mass is 9.69. The van der Waals surface area contributed by atoms with Crippen LogP contribution in [0.5, 0.6) is 0 Å². The van der Waals surface area contributed by atoms with Gasteiger partial charge in [-0.1, -0.05) is 51.1 Å². The van der Waals surface area contributed by atoms with Gasteiger partial charge in [-0.25, -0.2) is 0 Å². The van der Waals surface area contributed by atoms with Gasteiger partial charge in [0, 0.05) is 11.5 Å². The maximum Gasteiger partial charge on any atom is 0.223 e. The first-order valence-corrected chi connectivity index (χ1v) is 11.1. The number of quaternary nitrogens is 1. The Kier molecular flexibility index (Phi) is 7.16. The molecule has 1 saturated heterocycles. The minimum absolute atomic E-state index is 0.114. The molecule has 0 aromatic heterocycles. The normalized spacial score (nSPS) is 26.4. The molecule has 2 N–H and O–H groups in total. The Labute approximate surface area is 171 Å². The second kappa shape index (κ2) is 9.41. The topological polar surface area (TPSA) is 42.8 Å². The van der Waals surface area contributed by atoms with E-state index in [2.05, 4.69) is 63.3 Å². The van der Waals surface area contributed by atoms with E-state index in [-0.39, 0.29) is 23.9 Å². The van der Waals surface area contributed by atoms with E-state index >= 15 is 0 Å². The summed E-state index contributed by atoms with van der Waals surface area (Å²) in [5, 5.41) is 3.40. The van der Waals surface area contributed by atoms with Crippen LogP contribution in [0.1, 0.15) is 65.0 Å². The van der Waals surface area contributed by atoms with Gasteiger partial charge in [-0.3, -0.25) is 4.79 Å². The monoisotopic (exact) mass is 387 g/mol. The van der Waals surface area contributed by atoms with Gasteiger partial charge in [-0.05, 0) is 43.9 Å². The van der Waals surface area contributed by atoms with Crippen LogP contribution >= 0.6 is 0 Å². The van der Waals surface area contributed by atoms with Gasteiger partial charge in [0.2, 0.25) is 5.91 Å². The number of hydrogen-bond acceptors (Lipinski definition) is 2. The van der Waals surface area contributed by atoms with Crippen LogP contribution in [0.15, 0.2) is 30.3 Å². The predicted molar refractivity (Wildman–Crippen MR) is 113 cm³/mol. The molecule has 2 aliphatic rings. The van der Waals surface area contributed by atoms with Crippen molar-refractivity contribution in [1.82, 2.24) is 5.32 Å². The van der Waals surface area contributed by atoms with Gasteiger partial charge >= 0.3 is 0 Å². The zero-order valence-electron chi connectivity index (χ0n) is 18.2. The Morgan fingerprint density at radius 2 is 1.68 bits per heavy atom. The molecule has 1 heterocycles. The fraction of sp³-hybridized carbons (Fsp3) is 0.708. The molecule has 2 fully saturated rings. The zero-order valence-corrected chi connectivity index (χ0v) is 18.2. The molecule has 1 amide bonds. The highest BCUT2D eigenvalue weighted by atomic mass is 16.5. The predicted octanol–water partition coefficient (Wildman–Crippen LogP) is 3.00. The highest BCUT2D eigenvalue weighted by molar-refractivity contribution is 5.79. The number of benzene rings is 1. The molecule has 1 aliphatic carbocycles. The summed E-state index contributed by atoms with van der Waals surface area (Å²) in [6, 6.07) is 11.1. The quantitative estimate of drug-likeness (QED) is 0.816. The van der Waals surface area contributed by atoms with Crippen LogP contribution in [0.4, 0.5) is 0 Å². The van der Waals surface area contributed by atoms with Crippen molar-refractivity contribution in [3.05, 3.63) is 35.9 Å². The lowest BCUT2D eigenvalue weighted by molar-refractivity contribution is -0.940. The Hall–Kier alpha value is -1.39. The van der Waals surface area contributed by atoms with E-state index < -0.39 is 0 Å². The third-order valence-electron chi connectivity index (χ3n) is 6.93. The van der Waals surface area contributed by atoms with Crippen LogP contribution in [0.3, 0.4) is 0 Å². The number of hydrogen-bond donors (Lipinski definition) is 2. The molecule has 0 spiro atoms. The van der Waals surface area contributed by atoms with Crippen LogP contribution in [0, 0.1) is 17.3 Å². The molecule has 4 nitrogen and oxygen atoms in total. The number of carbonyl (C=O) groups excluding carboxylic acids is 1. The van der Waals surface area contributed by atoms with Gasteiger partial charge < -0.3 is 15.0 Å².